The minimum Gasteiger partial charge on any atom is -0.497 e. The van der Waals surface area contributed by atoms with Crippen molar-refractivity contribution in [2.45, 2.75) is 12.5 Å². The summed E-state index contributed by atoms with van der Waals surface area (Å²) in [4.78, 5) is 0. The van der Waals surface area contributed by atoms with E-state index in [2.05, 4.69) is 9.82 Å². The van der Waals surface area contributed by atoms with Crippen LogP contribution in [0.3, 0.4) is 0 Å². The van der Waals surface area contributed by atoms with E-state index in [1.165, 1.54) is 0 Å². The number of para-hydroxylation sites is 1. The Balaban J connectivity index is 2.03. The van der Waals surface area contributed by atoms with E-state index in [0.29, 0.717) is 29.1 Å². The van der Waals surface area contributed by atoms with Crippen molar-refractivity contribution in [2.24, 2.45) is 5.10 Å². The van der Waals surface area contributed by atoms with E-state index in [1.54, 1.807) is 55.6 Å². The molecule has 2 aromatic carbocycles. The molecule has 2 aromatic rings. The largest absolute Gasteiger partial charge is 0.497 e. The fourth-order valence-electron chi connectivity index (χ4n) is 3.06. The summed E-state index contributed by atoms with van der Waals surface area (Å²) in [5, 5.41) is 4.32. The summed E-state index contributed by atoms with van der Waals surface area (Å²) in [5.41, 5.74) is 2.22. The van der Waals surface area contributed by atoms with Crippen molar-refractivity contribution in [1.29, 1.82) is 0 Å². The Morgan fingerprint density at radius 3 is 2.25 bits per heavy atom. The normalized spacial score (nSPS) is 17.3. The van der Waals surface area contributed by atoms with Crippen molar-refractivity contribution < 1.29 is 21.6 Å². The zero-order chi connectivity index (χ0) is 20.5. The molecule has 0 bridgehead atoms. The number of ether oxygens (including phenoxy) is 1. The van der Waals surface area contributed by atoms with Crippen LogP contribution in [0.2, 0.25) is 0 Å². The molecule has 1 aliphatic heterocycles. The lowest BCUT2D eigenvalue weighted by molar-refractivity contribution is 0.375. The Morgan fingerprint density at radius 2 is 1.68 bits per heavy atom. The highest BCUT2D eigenvalue weighted by Crippen LogP contribution is 2.38. The second-order valence-electron chi connectivity index (χ2n) is 6.49. The molecule has 1 unspecified atom stereocenters. The Hall–Kier alpha value is -2.59. The highest BCUT2D eigenvalue weighted by Gasteiger charge is 2.36. The number of hydrogen-bond donors (Lipinski definition) is 1. The lowest BCUT2D eigenvalue weighted by Gasteiger charge is -2.23. The predicted octanol–water partition coefficient (Wildman–Crippen LogP) is 2.18. The van der Waals surface area contributed by atoms with Gasteiger partial charge in [-0.3, -0.25) is 4.72 Å². The minimum absolute atomic E-state index is 0.307. The summed E-state index contributed by atoms with van der Waals surface area (Å²) in [7, 11) is -5.63. The minimum atomic E-state index is -3.67. The van der Waals surface area contributed by atoms with E-state index >= 15 is 0 Å². The maximum Gasteiger partial charge on any atom is 0.247 e. The first-order valence-electron chi connectivity index (χ1n) is 8.36. The number of hydrogen-bond acceptors (Lipinski definition) is 6. The second kappa shape index (κ2) is 7.44. The molecule has 8 nitrogen and oxygen atoms in total. The first-order chi connectivity index (χ1) is 13.1. The molecule has 1 heterocycles. The standard InChI is InChI=1S/C18H21N3O5S2/c1-26-14-10-8-13(9-11-14)17-12-18(21(19-17)28(3,24)25)15-6-4-5-7-16(15)20-27(2,22)23/h4-11,18,20H,12H2,1-3H3. The van der Waals surface area contributed by atoms with E-state index < -0.39 is 26.1 Å². The zero-order valence-electron chi connectivity index (χ0n) is 15.7. The van der Waals surface area contributed by atoms with Crippen molar-refractivity contribution >= 4 is 31.4 Å². The molecule has 1 aliphatic rings. The maximum absolute atomic E-state index is 12.4. The van der Waals surface area contributed by atoms with Gasteiger partial charge in [0.1, 0.15) is 5.75 Å². The lowest BCUT2D eigenvalue weighted by Crippen LogP contribution is -2.27. The number of nitrogens with zero attached hydrogens (tertiary/aromatic N) is 2. The molecule has 0 aliphatic carbocycles. The van der Waals surface area contributed by atoms with Gasteiger partial charge in [0.25, 0.3) is 0 Å². The van der Waals surface area contributed by atoms with Crippen LogP contribution in [0.1, 0.15) is 23.6 Å². The quantitative estimate of drug-likeness (QED) is 0.767. The van der Waals surface area contributed by atoms with Crippen LogP contribution >= 0.6 is 0 Å². The number of nitrogens with one attached hydrogen (secondary N) is 1. The van der Waals surface area contributed by atoms with Crippen LogP contribution in [0.15, 0.2) is 53.6 Å². The molecule has 0 aromatic heterocycles. The van der Waals surface area contributed by atoms with Crippen LogP contribution in [0.4, 0.5) is 5.69 Å². The van der Waals surface area contributed by atoms with Gasteiger partial charge in [-0.15, -0.1) is 0 Å². The number of sulfonamides is 2. The molecule has 0 spiro atoms. The molecule has 150 valence electrons. The number of hydrazone groups is 1. The van der Waals surface area contributed by atoms with Crippen molar-refractivity contribution in [2.75, 3.05) is 24.3 Å². The molecule has 1 N–H and O–H groups in total. The summed E-state index contributed by atoms with van der Waals surface area (Å²) in [6.07, 6.45) is 2.43. The van der Waals surface area contributed by atoms with E-state index in [1.807, 2.05) is 0 Å². The lowest BCUT2D eigenvalue weighted by atomic mass is 9.98. The average Bonchev–Trinajstić information content (AvgIpc) is 3.06. The van der Waals surface area contributed by atoms with Crippen molar-refractivity contribution in [3.63, 3.8) is 0 Å². The fourth-order valence-corrected chi connectivity index (χ4v) is 4.55. The highest BCUT2D eigenvalue weighted by molar-refractivity contribution is 7.92. The molecule has 0 fully saturated rings. The Kier molecular flexibility index (Phi) is 5.35. The van der Waals surface area contributed by atoms with E-state index in [0.717, 1.165) is 22.5 Å². The van der Waals surface area contributed by atoms with Gasteiger partial charge >= 0.3 is 0 Å². The Bertz CT molecular complexity index is 1110. The number of methoxy groups -OCH3 is 1. The van der Waals surface area contributed by atoms with E-state index in [4.69, 9.17) is 4.74 Å². The molecule has 0 saturated heterocycles. The monoisotopic (exact) mass is 423 g/mol. The molecule has 10 heteroatoms. The number of benzene rings is 2. The Labute approximate surface area is 164 Å². The van der Waals surface area contributed by atoms with Gasteiger partial charge in [-0.05, 0) is 35.9 Å². The van der Waals surface area contributed by atoms with Crippen LogP contribution in [0.5, 0.6) is 5.75 Å². The van der Waals surface area contributed by atoms with Gasteiger partial charge in [0.2, 0.25) is 20.0 Å². The van der Waals surface area contributed by atoms with Gasteiger partial charge in [0, 0.05) is 12.0 Å². The summed E-state index contributed by atoms with van der Waals surface area (Å²) in [6, 6.07) is 13.2. The third-order valence-corrected chi connectivity index (χ3v) is 5.86. The molecule has 0 amide bonds. The van der Waals surface area contributed by atoms with Crippen LogP contribution in [-0.4, -0.2) is 46.6 Å². The molecule has 1 atom stereocenters. The first-order valence-corrected chi connectivity index (χ1v) is 12.1. The third-order valence-electron chi connectivity index (χ3n) is 4.25. The Morgan fingerprint density at radius 1 is 1.04 bits per heavy atom. The molecule has 0 saturated carbocycles. The maximum atomic E-state index is 12.4. The second-order valence-corrected chi connectivity index (χ2v) is 10.1. The van der Waals surface area contributed by atoms with Crippen molar-refractivity contribution in [3.05, 3.63) is 59.7 Å². The number of rotatable bonds is 6. The third kappa shape index (κ3) is 4.45. The topological polar surface area (TPSA) is 105 Å². The molecular formula is C18H21N3O5S2. The molecular weight excluding hydrogens is 402 g/mol. The molecule has 28 heavy (non-hydrogen) atoms. The van der Waals surface area contributed by atoms with Crippen LogP contribution in [0, 0.1) is 0 Å². The summed E-state index contributed by atoms with van der Waals surface area (Å²) >= 11 is 0. The van der Waals surface area contributed by atoms with Crippen LogP contribution in [0.25, 0.3) is 0 Å². The van der Waals surface area contributed by atoms with Crippen molar-refractivity contribution in [1.82, 2.24) is 4.41 Å². The molecule has 3 rings (SSSR count). The number of anilines is 1. The van der Waals surface area contributed by atoms with Gasteiger partial charge in [-0.1, -0.05) is 18.2 Å². The fraction of sp³-hybridized carbons (Fsp3) is 0.278. The predicted molar refractivity (Wildman–Crippen MR) is 108 cm³/mol. The van der Waals surface area contributed by atoms with Crippen LogP contribution < -0.4 is 9.46 Å². The van der Waals surface area contributed by atoms with E-state index in [-0.39, 0.29) is 0 Å². The highest BCUT2D eigenvalue weighted by atomic mass is 32.2. The van der Waals surface area contributed by atoms with Gasteiger partial charge in [0.15, 0.2) is 0 Å². The van der Waals surface area contributed by atoms with Gasteiger partial charge in [-0.25, -0.2) is 16.8 Å². The first kappa shape index (κ1) is 20.2. The summed E-state index contributed by atoms with van der Waals surface area (Å²) in [5.74, 6) is 0.682. The average molecular weight is 424 g/mol. The molecule has 0 radical (unpaired) electrons. The summed E-state index contributed by atoms with van der Waals surface area (Å²) in [6.45, 7) is 0. The van der Waals surface area contributed by atoms with Gasteiger partial charge in [-0.2, -0.15) is 9.52 Å². The SMILES string of the molecule is COc1ccc(C2=NN(S(C)(=O)=O)C(c3ccccc3NS(C)(=O)=O)C2)cc1. The van der Waals surface area contributed by atoms with Crippen molar-refractivity contribution in [3.8, 4) is 5.75 Å². The summed E-state index contributed by atoms with van der Waals surface area (Å²) < 4.78 is 56.8. The van der Waals surface area contributed by atoms with Gasteiger partial charge < -0.3 is 4.74 Å². The van der Waals surface area contributed by atoms with E-state index in [9.17, 15) is 16.8 Å². The smallest absolute Gasteiger partial charge is 0.247 e. The van der Waals surface area contributed by atoms with Gasteiger partial charge in [0.05, 0.1) is 37.1 Å². The zero-order valence-corrected chi connectivity index (χ0v) is 17.3. The van der Waals surface area contributed by atoms with Crippen LogP contribution in [-0.2, 0) is 20.0 Å².